The van der Waals surface area contributed by atoms with Crippen LogP contribution in [0.5, 0.6) is 17.2 Å². The van der Waals surface area contributed by atoms with Crippen LogP contribution in [0.25, 0.3) is 10.9 Å². The highest BCUT2D eigenvalue weighted by Gasteiger charge is 2.30. The van der Waals surface area contributed by atoms with Crippen LogP contribution in [-0.2, 0) is 20.9 Å². The summed E-state index contributed by atoms with van der Waals surface area (Å²) in [6, 6.07) is 11.1. The normalized spacial score (nSPS) is 16.8. The predicted octanol–water partition coefficient (Wildman–Crippen LogP) is 3.06. The van der Waals surface area contributed by atoms with Crippen molar-refractivity contribution in [3.05, 3.63) is 60.1 Å². The molecule has 2 aliphatic rings. The third kappa shape index (κ3) is 5.14. The molecule has 0 saturated heterocycles. The van der Waals surface area contributed by atoms with Gasteiger partial charge in [0.2, 0.25) is 5.78 Å². The first-order valence-corrected chi connectivity index (χ1v) is 11.8. The fraction of sp³-hybridized carbons (Fsp3) is 0.296. The van der Waals surface area contributed by atoms with E-state index < -0.39 is 0 Å². The summed E-state index contributed by atoms with van der Waals surface area (Å²) in [5.41, 5.74) is 2.03. The average Bonchev–Trinajstić information content (AvgIpc) is 3.13. The molecule has 0 bridgehead atoms. The molecule has 2 heterocycles. The van der Waals surface area contributed by atoms with E-state index in [4.69, 9.17) is 18.9 Å². The molecule has 2 aromatic carbocycles. The summed E-state index contributed by atoms with van der Waals surface area (Å²) >= 11 is 0. The Hall–Kier alpha value is -4.31. The molecule has 0 spiro atoms. The summed E-state index contributed by atoms with van der Waals surface area (Å²) in [6.45, 7) is 2.17. The number of carbonyl (C=O) groups excluding carboxylic acids is 2. The fourth-order valence-corrected chi connectivity index (χ4v) is 4.29. The number of ether oxygens (including phenoxy) is 4. The molecule has 3 aromatic rings. The number of aliphatic imine (C=N–C) groups is 1. The third-order valence-electron chi connectivity index (χ3n) is 6.14. The molecular formula is C27H26N4O6. The Morgan fingerprint density at radius 1 is 1.08 bits per heavy atom. The predicted molar refractivity (Wildman–Crippen MR) is 136 cm³/mol. The van der Waals surface area contributed by atoms with E-state index in [1.807, 2.05) is 29.2 Å². The van der Waals surface area contributed by atoms with Gasteiger partial charge in [-0.25, -0.2) is 15.0 Å². The van der Waals surface area contributed by atoms with E-state index in [0.29, 0.717) is 61.0 Å². The Morgan fingerprint density at radius 2 is 1.95 bits per heavy atom. The summed E-state index contributed by atoms with van der Waals surface area (Å²) in [4.78, 5) is 41.1. The van der Waals surface area contributed by atoms with Gasteiger partial charge in [-0.3, -0.25) is 9.59 Å². The second kappa shape index (κ2) is 10.8. The van der Waals surface area contributed by atoms with Gasteiger partial charge in [-0.2, -0.15) is 0 Å². The van der Waals surface area contributed by atoms with Crippen LogP contribution in [0.15, 0.2) is 59.5 Å². The minimum atomic E-state index is -0.328. The maximum Gasteiger partial charge on any atom is 0.202 e. The van der Waals surface area contributed by atoms with Gasteiger partial charge in [0.25, 0.3) is 0 Å². The maximum absolute atomic E-state index is 13.1. The molecule has 0 amide bonds. The number of carbonyl (C=O) groups is 2. The molecule has 10 nitrogen and oxygen atoms in total. The Kier molecular flexibility index (Phi) is 7.09. The van der Waals surface area contributed by atoms with Gasteiger partial charge < -0.3 is 23.8 Å². The maximum atomic E-state index is 13.1. The van der Waals surface area contributed by atoms with Crippen molar-refractivity contribution in [1.29, 1.82) is 0 Å². The van der Waals surface area contributed by atoms with Crippen LogP contribution < -0.4 is 14.2 Å². The van der Waals surface area contributed by atoms with E-state index in [1.54, 1.807) is 19.2 Å². The van der Waals surface area contributed by atoms with Gasteiger partial charge in [0.1, 0.15) is 25.3 Å². The molecule has 0 N–H and O–H groups in total. The standard InChI is InChI=1S/C27H26N4O6/c1-34-9-10-37-26-13-19-18(11-25(26)35-2)27(29-16-28-19)30-20-12-23(33)21(14-22(20)32)31-7-8-36-24-6-4-3-5-17(24)15-31/h3-6,11,13-14,16H,7-10,12,15H2,1-2H3. The van der Waals surface area contributed by atoms with Crippen molar-refractivity contribution < 1.29 is 28.5 Å². The molecule has 0 unspecified atom stereocenters. The van der Waals surface area contributed by atoms with Crippen LogP contribution in [0.4, 0.5) is 5.82 Å². The van der Waals surface area contributed by atoms with Gasteiger partial charge in [-0.05, 0) is 12.1 Å². The first-order valence-electron chi connectivity index (χ1n) is 11.8. The number of ketones is 2. The third-order valence-corrected chi connectivity index (χ3v) is 6.14. The number of benzene rings is 2. The van der Waals surface area contributed by atoms with Crippen molar-refractivity contribution in [3.63, 3.8) is 0 Å². The lowest BCUT2D eigenvalue weighted by atomic mass is 9.98. The van der Waals surface area contributed by atoms with Gasteiger partial charge in [0, 0.05) is 36.7 Å². The van der Waals surface area contributed by atoms with E-state index in [1.165, 1.54) is 19.5 Å². The van der Waals surface area contributed by atoms with E-state index in [2.05, 4.69) is 15.0 Å². The number of hydrogen-bond donors (Lipinski definition) is 0. The first kappa shape index (κ1) is 24.4. The summed E-state index contributed by atoms with van der Waals surface area (Å²) in [5, 5.41) is 0.572. The molecule has 1 aliphatic heterocycles. The van der Waals surface area contributed by atoms with Crippen molar-refractivity contribution in [2.75, 3.05) is 40.6 Å². The van der Waals surface area contributed by atoms with E-state index in [-0.39, 0.29) is 29.5 Å². The number of Topliss-reactive ketones (excluding diaryl/α,β-unsaturated/α-hetero) is 1. The smallest absolute Gasteiger partial charge is 0.202 e. The molecule has 1 aromatic heterocycles. The second-order valence-corrected chi connectivity index (χ2v) is 8.49. The molecular weight excluding hydrogens is 476 g/mol. The van der Waals surface area contributed by atoms with Crippen molar-refractivity contribution in [3.8, 4) is 17.2 Å². The molecule has 0 radical (unpaired) electrons. The highest BCUT2D eigenvalue weighted by Crippen LogP contribution is 2.35. The number of rotatable bonds is 7. The summed E-state index contributed by atoms with van der Waals surface area (Å²) in [6.07, 6.45) is 2.60. The molecule has 0 fully saturated rings. The lowest BCUT2D eigenvalue weighted by molar-refractivity contribution is -0.118. The van der Waals surface area contributed by atoms with E-state index in [9.17, 15) is 9.59 Å². The van der Waals surface area contributed by atoms with Gasteiger partial charge in [-0.1, -0.05) is 18.2 Å². The molecule has 1 aliphatic carbocycles. The minimum absolute atomic E-state index is 0.121. The zero-order chi connectivity index (χ0) is 25.8. The highest BCUT2D eigenvalue weighted by molar-refractivity contribution is 6.50. The number of para-hydroxylation sites is 1. The molecule has 37 heavy (non-hydrogen) atoms. The summed E-state index contributed by atoms with van der Waals surface area (Å²) in [5.74, 6) is 1.53. The quantitative estimate of drug-likeness (QED) is 0.450. The van der Waals surface area contributed by atoms with Gasteiger partial charge in [0.05, 0.1) is 43.6 Å². The molecule has 0 atom stereocenters. The Bertz CT molecular complexity index is 1420. The molecule has 5 rings (SSSR count). The van der Waals surface area contributed by atoms with E-state index in [0.717, 1.165) is 11.3 Å². The molecule has 0 saturated carbocycles. The Balaban J connectivity index is 1.43. The largest absolute Gasteiger partial charge is 0.493 e. The van der Waals surface area contributed by atoms with Crippen LogP contribution in [0.2, 0.25) is 0 Å². The number of hydrogen-bond acceptors (Lipinski definition) is 10. The zero-order valence-corrected chi connectivity index (χ0v) is 20.6. The Labute approximate surface area is 213 Å². The molecule has 10 heteroatoms. The second-order valence-electron chi connectivity index (χ2n) is 8.49. The topological polar surface area (TPSA) is 112 Å². The fourth-order valence-electron chi connectivity index (χ4n) is 4.29. The Morgan fingerprint density at radius 3 is 2.78 bits per heavy atom. The van der Waals surface area contributed by atoms with Crippen LogP contribution in [0.3, 0.4) is 0 Å². The van der Waals surface area contributed by atoms with Crippen molar-refractivity contribution in [2.24, 2.45) is 4.99 Å². The van der Waals surface area contributed by atoms with E-state index >= 15 is 0 Å². The summed E-state index contributed by atoms with van der Waals surface area (Å²) < 4.78 is 22.0. The number of allylic oxidation sites excluding steroid dienone is 2. The van der Waals surface area contributed by atoms with Crippen molar-refractivity contribution in [2.45, 2.75) is 13.0 Å². The lowest BCUT2D eigenvalue weighted by Gasteiger charge is -2.26. The SMILES string of the molecule is COCCOc1cc2ncnc(N=C3CC(=O)C(N4CCOc5ccccc5C4)=CC3=O)c2cc1OC. The summed E-state index contributed by atoms with van der Waals surface area (Å²) in [7, 11) is 3.12. The van der Waals surface area contributed by atoms with Crippen LogP contribution in [-0.4, -0.2) is 72.7 Å². The first-order chi connectivity index (χ1) is 18.1. The molecule has 190 valence electrons. The monoisotopic (exact) mass is 502 g/mol. The average molecular weight is 503 g/mol. The van der Waals surface area contributed by atoms with Gasteiger partial charge in [-0.15, -0.1) is 0 Å². The van der Waals surface area contributed by atoms with Gasteiger partial charge >= 0.3 is 0 Å². The highest BCUT2D eigenvalue weighted by atomic mass is 16.5. The lowest BCUT2D eigenvalue weighted by Crippen LogP contribution is -2.35. The number of fused-ring (bicyclic) bond motifs is 2. The van der Waals surface area contributed by atoms with Crippen LogP contribution in [0, 0.1) is 0 Å². The minimum Gasteiger partial charge on any atom is -0.493 e. The van der Waals surface area contributed by atoms with Crippen LogP contribution in [0.1, 0.15) is 12.0 Å². The van der Waals surface area contributed by atoms with Gasteiger partial charge in [0.15, 0.2) is 23.1 Å². The zero-order valence-electron chi connectivity index (χ0n) is 20.6. The number of methoxy groups -OCH3 is 2. The number of aromatic nitrogens is 2. The van der Waals surface area contributed by atoms with Crippen LogP contribution >= 0.6 is 0 Å². The van der Waals surface area contributed by atoms with Crippen molar-refractivity contribution in [1.82, 2.24) is 14.9 Å². The number of nitrogens with zero attached hydrogens (tertiary/aromatic N) is 4. The van der Waals surface area contributed by atoms with Crippen molar-refractivity contribution >= 4 is 34.0 Å².